The van der Waals surface area contributed by atoms with Crippen molar-refractivity contribution in [1.29, 1.82) is 0 Å². The van der Waals surface area contributed by atoms with Crippen LogP contribution in [0.3, 0.4) is 0 Å². The van der Waals surface area contributed by atoms with E-state index in [9.17, 15) is 0 Å². The second-order valence-electron chi connectivity index (χ2n) is 5.02. The Bertz CT molecular complexity index is 442. The molecule has 2 heteroatoms. The van der Waals surface area contributed by atoms with Crippen LogP contribution in [-0.4, -0.2) is 5.16 Å². The lowest BCUT2D eigenvalue weighted by Gasteiger charge is -2.17. The first-order valence-electron chi connectivity index (χ1n) is 6.51. The van der Waals surface area contributed by atoms with E-state index >= 15 is 0 Å². The maximum atomic E-state index is 5.46. The Labute approximate surface area is 119 Å². The molecule has 1 atom stereocenters. The molecule has 0 aliphatic heterocycles. The van der Waals surface area contributed by atoms with Gasteiger partial charge in [-0.2, -0.15) is 0 Å². The van der Waals surface area contributed by atoms with Crippen molar-refractivity contribution < 1.29 is 4.74 Å². The standard InChI is InChI=1S/C17H23OP/c1-15(17(2,3)19)11-7-4-5-10-14-18-16-12-8-6-9-13-16/h4-5,7-8,10-14H,1,6,9,19H2,2-3H3/b5-4+,11-7+,14-10+. The van der Waals surface area contributed by atoms with Crippen molar-refractivity contribution in [3.63, 3.8) is 0 Å². The first kappa shape index (κ1) is 15.7. The van der Waals surface area contributed by atoms with E-state index in [-0.39, 0.29) is 5.16 Å². The molecule has 0 bridgehead atoms. The van der Waals surface area contributed by atoms with Gasteiger partial charge in [-0.25, -0.2) is 0 Å². The summed E-state index contributed by atoms with van der Waals surface area (Å²) in [6.07, 6.45) is 19.9. The second-order valence-corrected chi connectivity index (χ2v) is 6.47. The molecular weight excluding hydrogens is 251 g/mol. The molecule has 102 valence electrons. The molecule has 19 heavy (non-hydrogen) atoms. The molecule has 0 saturated carbocycles. The van der Waals surface area contributed by atoms with Crippen molar-refractivity contribution in [2.24, 2.45) is 0 Å². The molecule has 1 nitrogen and oxygen atoms in total. The van der Waals surface area contributed by atoms with Gasteiger partial charge in [-0.05, 0) is 36.6 Å². The van der Waals surface area contributed by atoms with Crippen LogP contribution in [0.4, 0.5) is 0 Å². The van der Waals surface area contributed by atoms with Crippen molar-refractivity contribution >= 4 is 9.24 Å². The normalized spacial score (nSPS) is 16.5. The fraction of sp³-hybridized carbons (Fsp3) is 0.294. The van der Waals surface area contributed by atoms with Crippen molar-refractivity contribution in [2.45, 2.75) is 31.8 Å². The predicted octanol–water partition coefficient (Wildman–Crippen LogP) is 5.07. The highest BCUT2D eigenvalue weighted by Crippen LogP contribution is 2.25. The molecule has 0 radical (unpaired) electrons. The minimum Gasteiger partial charge on any atom is -0.465 e. The van der Waals surface area contributed by atoms with Gasteiger partial charge >= 0.3 is 0 Å². The van der Waals surface area contributed by atoms with Gasteiger partial charge in [-0.1, -0.05) is 50.8 Å². The van der Waals surface area contributed by atoms with Gasteiger partial charge in [0.2, 0.25) is 0 Å². The van der Waals surface area contributed by atoms with E-state index < -0.39 is 0 Å². The third-order valence-electron chi connectivity index (χ3n) is 2.70. The molecule has 0 saturated heterocycles. The molecular formula is C17H23OP. The maximum Gasteiger partial charge on any atom is 0.122 e. The zero-order valence-corrected chi connectivity index (χ0v) is 13.0. The molecule has 1 aliphatic rings. The molecule has 0 aromatic heterocycles. The predicted molar refractivity (Wildman–Crippen MR) is 87.9 cm³/mol. The van der Waals surface area contributed by atoms with Crippen molar-refractivity contribution in [3.8, 4) is 0 Å². The molecule has 0 amide bonds. The third kappa shape index (κ3) is 6.98. The first-order chi connectivity index (χ1) is 9.00. The van der Waals surface area contributed by atoms with Gasteiger partial charge in [0.1, 0.15) is 5.76 Å². The second kappa shape index (κ2) is 7.96. The van der Waals surface area contributed by atoms with E-state index in [0.29, 0.717) is 0 Å². The Balaban J connectivity index is 2.30. The Morgan fingerprint density at radius 3 is 2.63 bits per heavy atom. The molecule has 0 fully saturated rings. The quantitative estimate of drug-likeness (QED) is 0.373. The fourth-order valence-electron chi connectivity index (χ4n) is 1.35. The highest BCUT2D eigenvalue weighted by molar-refractivity contribution is 7.19. The van der Waals surface area contributed by atoms with Crippen LogP contribution < -0.4 is 0 Å². The summed E-state index contributed by atoms with van der Waals surface area (Å²) in [7, 11) is 2.78. The Hall–Kier alpha value is -1.33. The Morgan fingerprint density at radius 1 is 1.26 bits per heavy atom. The van der Waals surface area contributed by atoms with Crippen molar-refractivity contribution in [3.05, 3.63) is 72.8 Å². The molecule has 1 aliphatic carbocycles. The van der Waals surface area contributed by atoms with Gasteiger partial charge in [-0.15, -0.1) is 9.24 Å². The SMILES string of the molecule is C=C(/C=C/C=C/C=C/OC1=CCCC=C1)C(C)(C)P. The van der Waals surface area contributed by atoms with E-state index in [2.05, 4.69) is 41.8 Å². The van der Waals surface area contributed by atoms with Crippen LogP contribution in [0, 0.1) is 0 Å². The first-order valence-corrected chi connectivity index (χ1v) is 7.09. The zero-order valence-electron chi connectivity index (χ0n) is 11.8. The molecule has 0 N–H and O–H groups in total. The van der Waals surface area contributed by atoms with Crippen LogP contribution in [0.2, 0.25) is 0 Å². The molecule has 0 spiro atoms. The minimum atomic E-state index is 0.0447. The summed E-state index contributed by atoms with van der Waals surface area (Å²) >= 11 is 0. The van der Waals surface area contributed by atoms with Gasteiger partial charge in [0.05, 0.1) is 6.26 Å². The van der Waals surface area contributed by atoms with Gasteiger partial charge < -0.3 is 4.74 Å². The topological polar surface area (TPSA) is 9.23 Å². The van der Waals surface area contributed by atoms with Gasteiger partial charge in [-0.3, -0.25) is 0 Å². The number of hydrogen-bond acceptors (Lipinski definition) is 1. The van der Waals surface area contributed by atoms with E-state index in [1.165, 1.54) is 0 Å². The van der Waals surface area contributed by atoms with E-state index in [0.717, 1.165) is 24.2 Å². The highest BCUT2D eigenvalue weighted by Gasteiger charge is 2.11. The van der Waals surface area contributed by atoms with Gasteiger partial charge in [0.15, 0.2) is 0 Å². The van der Waals surface area contributed by atoms with E-state index in [4.69, 9.17) is 4.74 Å². The summed E-state index contributed by atoms with van der Waals surface area (Å²) in [4.78, 5) is 0. The third-order valence-corrected chi connectivity index (χ3v) is 3.07. The number of rotatable bonds is 6. The van der Waals surface area contributed by atoms with Crippen LogP contribution in [0.5, 0.6) is 0 Å². The summed E-state index contributed by atoms with van der Waals surface area (Å²) < 4.78 is 5.46. The lowest BCUT2D eigenvalue weighted by Crippen LogP contribution is -2.09. The minimum absolute atomic E-state index is 0.0447. The Morgan fingerprint density at radius 2 is 2.00 bits per heavy atom. The lowest BCUT2D eigenvalue weighted by atomic mass is 10.0. The van der Waals surface area contributed by atoms with Crippen LogP contribution in [-0.2, 0) is 4.74 Å². The monoisotopic (exact) mass is 274 g/mol. The Kier molecular flexibility index (Phi) is 6.59. The molecule has 1 unspecified atom stereocenters. The summed E-state index contributed by atoms with van der Waals surface area (Å²) in [5, 5.41) is 0.0447. The van der Waals surface area contributed by atoms with E-state index in [1.807, 2.05) is 36.5 Å². The zero-order chi connectivity index (χ0) is 14.1. The molecule has 0 aromatic rings. The fourth-order valence-corrected chi connectivity index (χ4v) is 1.45. The summed E-state index contributed by atoms with van der Waals surface area (Å²) in [5.74, 6) is 0.921. The molecule has 0 heterocycles. The summed E-state index contributed by atoms with van der Waals surface area (Å²) in [5.41, 5.74) is 1.08. The number of allylic oxidation sites excluding steroid dienone is 9. The summed E-state index contributed by atoms with van der Waals surface area (Å²) in [6.45, 7) is 8.26. The summed E-state index contributed by atoms with van der Waals surface area (Å²) in [6, 6.07) is 0. The maximum absolute atomic E-state index is 5.46. The van der Waals surface area contributed by atoms with Crippen LogP contribution in [0.15, 0.2) is 72.8 Å². The molecule has 1 rings (SSSR count). The van der Waals surface area contributed by atoms with E-state index in [1.54, 1.807) is 6.26 Å². The van der Waals surface area contributed by atoms with Gasteiger partial charge in [0.25, 0.3) is 0 Å². The smallest absolute Gasteiger partial charge is 0.122 e. The van der Waals surface area contributed by atoms with Crippen LogP contribution in [0.25, 0.3) is 0 Å². The molecule has 0 aromatic carbocycles. The lowest BCUT2D eigenvalue weighted by molar-refractivity contribution is 0.364. The highest BCUT2D eigenvalue weighted by atomic mass is 31.0. The average molecular weight is 274 g/mol. The number of ether oxygens (including phenoxy) is 1. The number of hydrogen-bond donors (Lipinski definition) is 0. The van der Waals surface area contributed by atoms with Crippen molar-refractivity contribution in [2.75, 3.05) is 0 Å². The van der Waals surface area contributed by atoms with Gasteiger partial charge in [0, 0.05) is 5.16 Å². The largest absolute Gasteiger partial charge is 0.465 e. The average Bonchev–Trinajstić information content (AvgIpc) is 2.37. The van der Waals surface area contributed by atoms with Crippen LogP contribution in [0.1, 0.15) is 26.7 Å². The van der Waals surface area contributed by atoms with Crippen LogP contribution >= 0.6 is 9.24 Å². The van der Waals surface area contributed by atoms with Crippen molar-refractivity contribution in [1.82, 2.24) is 0 Å².